The zero-order valence-electron chi connectivity index (χ0n) is 13.8. The van der Waals surface area contributed by atoms with E-state index in [1.165, 1.54) is 17.5 Å². The summed E-state index contributed by atoms with van der Waals surface area (Å²) in [5.74, 6) is 0.870. The molecule has 1 aliphatic heterocycles. The van der Waals surface area contributed by atoms with Crippen LogP contribution in [0.25, 0.3) is 0 Å². The molecule has 0 saturated carbocycles. The summed E-state index contributed by atoms with van der Waals surface area (Å²) in [5.41, 5.74) is 3.74. The number of aryl methyl sites for hydroxylation is 2. The van der Waals surface area contributed by atoms with Crippen LogP contribution in [0.2, 0.25) is 0 Å². The van der Waals surface area contributed by atoms with Gasteiger partial charge in [0.1, 0.15) is 0 Å². The molecule has 0 aliphatic carbocycles. The normalized spacial score (nSPS) is 18.3. The van der Waals surface area contributed by atoms with E-state index in [0.717, 1.165) is 25.3 Å². The number of rotatable bonds is 5. The topological polar surface area (TPSA) is 61.0 Å². The Morgan fingerprint density at radius 1 is 1.39 bits per heavy atom. The third-order valence-electron chi connectivity index (χ3n) is 4.53. The fourth-order valence-electron chi connectivity index (χ4n) is 3.27. The van der Waals surface area contributed by atoms with Gasteiger partial charge >= 0.3 is 0 Å². The summed E-state index contributed by atoms with van der Waals surface area (Å²) in [6.07, 6.45) is 2.86. The molecule has 0 bridgehead atoms. The lowest BCUT2D eigenvalue weighted by atomic mass is 9.94. The average molecular weight is 312 g/mol. The van der Waals surface area contributed by atoms with Crippen LogP contribution in [0.3, 0.4) is 0 Å². The first-order valence-electron chi connectivity index (χ1n) is 8.21. The first-order valence-corrected chi connectivity index (χ1v) is 8.21. The Bertz CT molecular complexity index is 679. The van der Waals surface area contributed by atoms with E-state index in [2.05, 4.69) is 51.4 Å². The van der Waals surface area contributed by atoms with Crippen molar-refractivity contribution in [2.24, 2.45) is 0 Å². The molecule has 1 aromatic heterocycles. The van der Waals surface area contributed by atoms with Gasteiger partial charge in [-0.25, -0.2) is 4.98 Å². The summed E-state index contributed by atoms with van der Waals surface area (Å²) < 4.78 is 0. The van der Waals surface area contributed by atoms with Crippen molar-refractivity contribution in [3.63, 3.8) is 0 Å². The predicted molar refractivity (Wildman–Crippen MR) is 90.6 cm³/mol. The van der Waals surface area contributed by atoms with Crippen LogP contribution >= 0.6 is 0 Å². The van der Waals surface area contributed by atoms with Crippen molar-refractivity contribution in [1.82, 2.24) is 20.2 Å². The van der Waals surface area contributed by atoms with Crippen molar-refractivity contribution in [1.29, 1.82) is 0 Å². The molecule has 0 unspecified atom stereocenters. The molecule has 1 aliphatic rings. The third kappa shape index (κ3) is 3.79. The minimum atomic E-state index is -0.132. The average Bonchev–Trinajstić information content (AvgIpc) is 3.17. The molecule has 1 aromatic carbocycles. The van der Waals surface area contributed by atoms with E-state index in [4.69, 9.17) is 0 Å². The number of benzene rings is 1. The van der Waals surface area contributed by atoms with Crippen molar-refractivity contribution in [2.75, 3.05) is 26.2 Å². The number of aromatic nitrogens is 2. The van der Waals surface area contributed by atoms with Crippen molar-refractivity contribution < 1.29 is 4.79 Å². The fraction of sp³-hybridized carbons (Fsp3) is 0.444. The maximum absolute atomic E-state index is 11.9. The molecule has 0 spiro atoms. The lowest BCUT2D eigenvalue weighted by molar-refractivity contribution is 0.0940. The lowest BCUT2D eigenvalue weighted by Gasteiger charge is -2.17. The molecular formula is C18H24N4O. The van der Waals surface area contributed by atoms with Crippen LogP contribution in [0.5, 0.6) is 0 Å². The highest BCUT2D eigenvalue weighted by atomic mass is 16.2. The van der Waals surface area contributed by atoms with E-state index >= 15 is 0 Å². The molecule has 1 fully saturated rings. The zero-order valence-corrected chi connectivity index (χ0v) is 13.8. The van der Waals surface area contributed by atoms with Gasteiger partial charge in [0.05, 0.1) is 0 Å². The summed E-state index contributed by atoms with van der Waals surface area (Å²) in [6.45, 7) is 7.77. The molecule has 1 amide bonds. The molecule has 5 heteroatoms. The van der Waals surface area contributed by atoms with E-state index in [-0.39, 0.29) is 5.91 Å². The number of nitrogens with zero attached hydrogens (tertiary/aromatic N) is 2. The Kier molecular flexibility index (Phi) is 4.76. The Balaban J connectivity index is 1.45. The third-order valence-corrected chi connectivity index (χ3v) is 4.53. The molecule has 23 heavy (non-hydrogen) atoms. The van der Waals surface area contributed by atoms with Crippen molar-refractivity contribution in [3.8, 4) is 0 Å². The van der Waals surface area contributed by atoms with Gasteiger partial charge in [-0.3, -0.25) is 4.79 Å². The van der Waals surface area contributed by atoms with Gasteiger partial charge in [-0.1, -0.05) is 24.3 Å². The standard InChI is InChI=1S/C18H24N4O/c1-13-5-3-4-6-16(13)15-7-9-22(12-15)10-8-19-18(23)17-20-11-14(2)21-17/h3-6,11,15H,7-10,12H2,1-2H3,(H,19,23)(H,20,21)/t15-/m0/s1. The van der Waals surface area contributed by atoms with Gasteiger partial charge in [0.2, 0.25) is 0 Å². The number of hydrogen-bond donors (Lipinski definition) is 2. The first-order chi connectivity index (χ1) is 11.1. The van der Waals surface area contributed by atoms with Gasteiger partial charge in [0, 0.05) is 31.5 Å². The molecule has 0 radical (unpaired) electrons. The van der Waals surface area contributed by atoms with Crippen LogP contribution in [-0.2, 0) is 0 Å². The highest BCUT2D eigenvalue weighted by molar-refractivity contribution is 5.90. The van der Waals surface area contributed by atoms with E-state index in [1.807, 2.05) is 6.92 Å². The summed E-state index contributed by atoms with van der Waals surface area (Å²) >= 11 is 0. The van der Waals surface area contributed by atoms with Crippen LogP contribution in [0.15, 0.2) is 30.5 Å². The van der Waals surface area contributed by atoms with Crippen molar-refractivity contribution in [2.45, 2.75) is 26.2 Å². The van der Waals surface area contributed by atoms with Crippen LogP contribution in [0.1, 0.15) is 39.8 Å². The van der Waals surface area contributed by atoms with Gasteiger partial charge in [-0.2, -0.15) is 0 Å². The second-order valence-electron chi connectivity index (χ2n) is 6.31. The Hall–Kier alpha value is -2.14. The van der Waals surface area contributed by atoms with Gasteiger partial charge < -0.3 is 15.2 Å². The fourth-order valence-corrected chi connectivity index (χ4v) is 3.27. The monoisotopic (exact) mass is 312 g/mol. The quantitative estimate of drug-likeness (QED) is 0.890. The van der Waals surface area contributed by atoms with Gasteiger partial charge in [0.25, 0.3) is 5.91 Å². The smallest absolute Gasteiger partial charge is 0.287 e. The zero-order chi connectivity index (χ0) is 16.2. The SMILES string of the molecule is Cc1cnc(C(=O)NCCN2CC[C@H](c3ccccc3C)C2)[nH]1. The number of hydrogen-bond acceptors (Lipinski definition) is 3. The molecule has 2 heterocycles. The second kappa shape index (κ2) is 6.96. The van der Waals surface area contributed by atoms with Gasteiger partial charge in [-0.15, -0.1) is 0 Å². The molecule has 2 N–H and O–H groups in total. The van der Waals surface area contributed by atoms with Crippen LogP contribution < -0.4 is 5.32 Å². The van der Waals surface area contributed by atoms with Gasteiger partial charge in [-0.05, 0) is 43.9 Å². The number of imidazole rings is 1. The van der Waals surface area contributed by atoms with Crippen molar-refractivity contribution in [3.05, 3.63) is 53.1 Å². The molecule has 1 atom stereocenters. The number of nitrogens with one attached hydrogen (secondary N) is 2. The predicted octanol–water partition coefficient (Wildman–Crippen LogP) is 2.25. The van der Waals surface area contributed by atoms with Crippen LogP contribution in [-0.4, -0.2) is 47.0 Å². The molecule has 1 saturated heterocycles. The Morgan fingerprint density at radius 3 is 2.96 bits per heavy atom. The molecular weight excluding hydrogens is 288 g/mol. The maximum Gasteiger partial charge on any atom is 0.287 e. The van der Waals surface area contributed by atoms with Gasteiger partial charge in [0.15, 0.2) is 5.82 Å². The van der Waals surface area contributed by atoms with E-state index < -0.39 is 0 Å². The minimum absolute atomic E-state index is 0.132. The van der Waals surface area contributed by atoms with Crippen molar-refractivity contribution >= 4 is 5.91 Å². The molecule has 3 rings (SSSR count). The summed E-state index contributed by atoms with van der Waals surface area (Å²) in [4.78, 5) is 21.4. The van der Waals surface area contributed by atoms with Crippen LogP contribution in [0.4, 0.5) is 0 Å². The highest BCUT2D eigenvalue weighted by Gasteiger charge is 2.24. The Morgan fingerprint density at radius 2 is 2.22 bits per heavy atom. The largest absolute Gasteiger partial charge is 0.348 e. The number of carbonyl (C=O) groups is 1. The van der Waals surface area contributed by atoms with E-state index in [0.29, 0.717) is 18.3 Å². The number of amides is 1. The number of H-pyrrole nitrogens is 1. The molecule has 5 nitrogen and oxygen atoms in total. The minimum Gasteiger partial charge on any atom is -0.348 e. The lowest BCUT2D eigenvalue weighted by Crippen LogP contribution is -2.34. The van der Waals surface area contributed by atoms with E-state index in [9.17, 15) is 4.79 Å². The highest BCUT2D eigenvalue weighted by Crippen LogP contribution is 2.28. The summed E-state index contributed by atoms with van der Waals surface area (Å²) in [7, 11) is 0. The molecule has 2 aromatic rings. The number of aromatic amines is 1. The maximum atomic E-state index is 11.9. The number of carbonyl (C=O) groups excluding carboxylic acids is 1. The van der Waals surface area contributed by atoms with E-state index in [1.54, 1.807) is 6.20 Å². The number of likely N-dealkylation sites (tertiary alicyclic amines) is 1. The molecule has 122 valence electrons. The van der Waals surface area contributed by atoms with Crippen LogP contribution in [0, 0.1) is 13.8 Å². The summed E-state index contributed by atoms with van der Waals surface area (Å²) in [5, 5.41) is 2.93. The second-order valence-corrected chi connectivity index (χ2v) is 6.31. The Labute approximate surface area is 137 Å². The summed E-state index contributed by atoms with van der Waals surface area (Å²) in [6, 6.07) is 8.64. The first kappa shape index (κ1) is 15.7.